The lowest BCUT2D eigenvalue weighted by atomic mass is 10.1. The first-order chi connectivity index (χ1) is 10.1. The topological polar surface area (TPSA) is 53.0 Å². The number of nitrogens with zero attached hydrogens (tertiary/aromatic N) is 2. The highest BCUT2D eigenvalue weighted by molar-refractivity contribution is 5.87. The fourth-order valence-electron chi connectivity index (χ4n) is 2.82. The van der Waals surface area contributed by atoms with Crippen molar-refractivity contribution in [1.82, 2.24) is 9.80 Å². The van der Waals surface area contributed by atoms with Crippen LogP contribution in [0.4, 0.5) is 0 Å². The van der Waals surface area contributed by atoms with Gasteiger partial charge in [0.25, 0.3) is 0 Å². The third-order valence-corrected chi connectivity index (χ3v) is 4.01. The van der Waals surface area contributed by atoms with E-state index in [-0.39, 0.29) is 0 Å². The fourth-order valence-corrected chi connectivity index (χ4v) is 2.82. The van der Waals surface area contributed by atoms with E-state index in [0.29, 0.717) is 11.6 Å². The number of hydrogen-bond donors (Lipinski definition) is 1. The number of carbonyl (C=O) groups is 1. The SMILES string of the molecule is COCCN1CCN(Cc2cccc(C(=O)O)c2)CC1C. The van der Waals surface area contributed by atoms with Crippen LogP contribution in [0.1, 0.15) is 22.8 Å². The van der Waals surface area contributed by atoms with Gasteiger partial charge in [0, 0.05) is 45.9 Å². The summed E-state index contributed by atoms with van der Waals surface area (Å²) in [6, 6.07) is 7.71. The largest absolute Gasteiger partial charge is 0.478 e. The van der Waals surface area contributed by atoms with Crippen LogP contribution in [0.2, 0.25) is 0 Å². The molecular weight excluding hydrogens is 268 g/mol. The Morgan fingerprint density at radius 1 is 1.43 bits per heavy atom. The zero-order valence-electron chi connectivity index (χ0n) is 12.8. The van der Waals surface area contributed by atoms with Gasteiger partial charge in [-0.2, -0.15) is 0 Å². The van der Waals surface area contributed by atoms with Crippen molar-refractivity contribution in [3.8, 4) is 0 Å². The molecule has 1 heterocycles. The standard InChI is InChI=1S/C16H24N2O3/c1-13-11-17(6-7-18(13)8-9-21-2)12-14-4-3-5-15(10-14)16(19)20/h3-5,10,13H,6-9,11-12H2,1-2H3,(H,19,20). The van der Waals surface area contributed by atoms with Gasteiger partial charge in [-0.05, 0) is 24.6 Å². The number of ether oxygens (including phenoxy) is 1. The molecular formula is C16H24N2O3. The maximum Gasteiger partial charge on any atom is 0.335 e. The van der Waals surface area contributed by atoms with Gasteiger partial charge in [-0.25, -0.2) is 4.79 Å². The quantitative estimate of drug-likeness (QED) is 0.862. The number of rotatable bonds is 6. The number of aromatic carboxylic acids is 1. The van der Waals surface area contributed by atoms with Gasteiger partial charge in [0.05, 0.1) is 12.2 Å². The summed E-state index contributed by atoms with van der Waals surface area (Å²) in [5.41, 5.74) is 1.42. The van der Waals surface area contributed by atoms with Gasteiger partial charge in [0.2, 0.25) is 0 Å². The van der Waals surface area contributed by atoms with Crippen molar-refractivity contribution in [2.45, 2.75) is 19.5 Å². The van der Waals surface area contributed by atoms with Crippen molar-refractivity contribution in [1.29, 1.82) is 0 Å². The molecule has 2 rings (SSSR count). The van der Waals surface area contributed by atoms with Gasteiger partial charge < -0.3 is 9.84 Å². The van der Waals surface area contributed by atoms with Crippen LogP contribution in [0, 0.1) is 0 Å². The lowest BCUT2D eigenvalue weighted by Crippen LogP contribution is -2.52. The minimum absolute atomic E-state index is 0.360. The van der Waals surface area contributed by atoms with Gasteiger partial charge >= 0.3 is 5.97 Å². The molecule has 1 unspecified atom stereocenters. The smallest absolute Gasteiger partial charge is 0.335 e. The van der Waals surface area contributed by atoms with Gasteiger partial charge in [-0.1, -0.05) is 12.1 Å². The van der Waals surface area contributed by atoms with Gasteiger partial charge in [0.1, 0.15) is 0 Å². The highest BCUT2D eigenvalue weighted by Crippen LogP contribution is 2.14. The van der Waals surface area contributed by atoms with Crippen LogP contribution in [-0.2, 0) is 11.3 Å². The highest BCUT2D eigenvalue weighted by Gasteiger charge is 2.23. The van der Waals surface area contributed by atoms with Gasteiger partial charge in [0.15, 0.2) is 0 Å². The molecule has 5 heteroatoms. The second-order valence-electron chi connectivity index (χ2n) is 5.62. The molecule has 0 saturated carbocycles. The van der Waals surface area contributed by atoms with E-state index in [1.807, 2.05) is 12.1 Å². The number of carboxylic acids is 1. The number of benzene rings is 1. The van der Waals surface area contributed by atoms with E-state index in [0.717, 1.165) is 44.9 Å². The first kappa shape index (κ1) is 15.9. The van der Waals surface area contributed by atoms with Crippen LogP contribution >= 0.6 is 0 Å². The predicted molar refractivity (Wildman–Crippen MR) is 81.6 cm³/mol. The van der Waals surface area contributed by atoms with Crippen molar-refractivity contribution in [3.05, 3.63) is 35.4 Å². The summed E-state index contributed by atoms with van der Waals surface area (Å²) in [4.78, 5) is 15.8. The summed E-state index contributed by atoms with van der Waals surface area (Å²) < 4.78 is 5.14. The van der Waals surface area contributed by atoms with E-state index >= 15 is 0 Å². The molecule has 0 radical (unpaired) electrons. The molecule has 0 bridgehead atoms. The molecule has 1 aromatic carbocycles. The molecule has 0 aromatic heterocycles. The number of carboxylic acid groups (broad SMARTS) is 1. The minimum Gasteiger partial charge on any atom is -0.478 e. The summed E-state index contributed by atoms with van der Waals surface area (Å²) in [5, 5.41) is 9.04. The number of methoxy groups -OCH3 is 1. The van der Waals surface area contributed by atoms with Crippen molar-refractivity contribution in [2.75, 3.05) is 39.9 Å². The van der Waals surface area contributed by atoms with Crippen LogP contribution in [-0.4, -0.2) is 66.8 Å². The van der Waals surface area contributed by atoms with E-state index in [1.54, 1.807) is 19.2 Å². The molecule has 1 saturated heterocycles. The Balaban J connectivity index is 1.90. The molecule has 1 atom stereocenters. The van der Waals surface area contributed by atoms with E-state index in [2.05, 4.69) is 16.7 Å². The van der Waals surface area contributed by atoms with Crippen molar-refractivity contribution in [2.24, 2.45) is 0 Å². The lowest BCUT2D eigenvalue weighted by Gasteiger charge is -2.39. The normalized spacial score (nSPS) is 20.6. The van der Waals surface area contributed by atoms with Crippen LogP contribution in [0.15, 0.2) is 24.3 Å². The Morgan fingerprint density at radius 2 is 2.24 bits per heavy atom. The zero-order chi connectivity index (χ0) is 15.2. The Kier molecular flexibility index (Phi) is 5.73. The summed E-state index contributed by atoms with van der Waals surface area (Å²) in [5.74, 6) is -0.866. The van der Waals surface area contributed by atoms with Crippen LogP contribution in [0.5, 0.6) is 0 Å². The zero-order valence-corrected chi connectivity index (χ0v) is 12.8. The van der Waals surface area contributed by atoms with E-state index in [9.17, 15) is 4.79 Å². The maximum absolute atomic E-state index is 11.0. The van der Waals surface area contributed by atoms with E-state index in [1.165, 1.54) is 0 Å². The minimum atomic E-state index is -0.866. The summed E-state index contributed by atoms with van der Waals surface area (Å²) in [6.07, 6.45) is 0. The Bertz CT molecular complexity index is 478. The Labute approximate surface area is 126 Å². The van der Waals surface area contributed by atoms with Crippen LogP contribution < -0.4 is 0 Å². The molecule has 0 amide bonds. The van der Waals surface area contributed by atoms with E-state index < -0.39 is 5.97 Å². The monoisotopic (exact) mass is 292 g/mol. The van der Waals surface area contributed by atoms with Gasteiger partial charge in [-0.15, -0.1) is 0 Å². The molecule has 0 aliphatic carbocycles. The molecule has 0 spiro atoms. The molecule has 21 heavy (non-hydrogen) atoms. The fraction of sp³-hybridized carbons (Fsp3) is 0.562. The Hall–Kier alpha value is -1.43. The molecule has 1 fully saturated rings. The Morgan fingerprint density at radius 3 is 2.90 bits per heavy atom. The second-order valence-corrected chi connectivity index (χ2v) is 5.62. The summed E-state index contributed by atoms with van der Waals surface area (Å²) in [7, 11) is 1.73. The van der Waals surface area contributed by atoms with Crippen LogP contribution in [0.3, 0.4) is 0 Å². The third kappa shape index (κ3) is 4.52. The average molecular weight is 292 g/mol. The van der Waals surface area contributed by atoms with Crippen LogP contribution in [0.25, 0.3) is 0 Å². The first-order valence-electron chi connectivity index (χ1n) is 7.37. The molecule has 1 aliphatic rings. The number of hydrogen-bond acceptors (Lipinski definition) is 4. The summed E-state index contributed by atoms with van der Waals surface area (Å²) in [6.45, 7) is 7.82. The van der Waals surface area contributed by atoms with Gasteiger partial charge in [-0.3, -0.25) is 9.80 Å². The highest BCUT2D eigenvalue weighted by atomic mass is 16.5. The summed E-state index contributed by atoms with van der Waals surface area (Å²) >= 11 is 0. The molecule has 1 aliphatic heterocycles. The van der Waals surface area contributed by atoms with E-state index in [4.69, 9.17) is 9.84 Å². The molecule has 1 N–H and O–H groups in total. The molecule has 5 nitrogen and oxygen atoms in total. The first-order valence-corrected chi connectivity index (χ1v) is 7.37. The number of piperazine rings is 1. The third-order valence-electron chi connectivity index (χ3n) is 4.01. The lowest BCUT2D eigenvalue weighted by molar-refractivity contribution is 0.0557. The molecule has 1 aromatic rings. The predicted octanol–water partition coefficient (Wildman–Crippen LogP) is 1.54. The molecule has 116 valence electrons. The van der Waals surface area contributed by atoms with Crippen molar-refractivity contribution >= 4 is 5.97 Å². The van der Waals surface area contributed by atoms with Crippen molar-refractivity contribution in [3.63, 3.8) is 0 Å². The second kappa shape index (κ2) is 7.54. The average Bonchev–Trinajstić information content (AvgIpc) is 2.47. The van der Waals surface area contributed by atoms with Crippen molar-refractivity contribution < 1.29 is 14.6 Å². The maximum atomic E-state index is 11.0.